The summed E-state index contributed by atoms with van der Waals surface area (Å²) in [6.07, 6.45) is 0. The van der Waals surface area contributed by atoms with Gasteiger partial charge in [0.25, 0.3) is 5.91 Å². The summed E-state index contributed by atoms with van der Waals surface area (Å²) in [6, 6.07) is 11.7. The van der Waals surface area contributed by atoms with E-state index >= 15 is 0 Å². The third-order valence-corrected chi connectivity index (χ3v) is 4.36. The van der Waals surface area contributed by atoms with Gasteiger partial charge in [0.1, 0.15) is 18.1 Å². The minimum absolute atomic E-state index is 0.275. The zero-order valence-electron chi connectivity index (χ0n) is 15.2. The summed E-state index contributed by atoms with van der Waals surface area (Å²) in [5.74, 6) is 0.548. The Morgan fingerprint density at radius 1 is 1.18 bits per heavy atom. The van der Waals surface area contributed by atoms with Gasteiger partial charge in [0.05, 0.1) is 16.8 Å². The van der Waals surface area contributed by atoms with E-state index in [2.05, 4.69) is 15.5 Å². The highest BCUT2D eigenvalue weighted by molar-refractivity contribution is 6.04. The highest BCUT2D eigenvalue weighted by Crippen LogP contribution is 2.20. The van der Waals surface area contributed by atoms with Crippen molar-refractivity contribution in [2.24, 2.45) is 0 Å². The maximum absolute atomic E-state index is 12.4. The average molecular weight is 379 g/mol. The molecule has 8 nitrogen and oxygen atoms in total. The van der Waals surface area contributed by atoms with Crippen LogP contribution in [0.15, 0.2) is 56.2 Å². The Balaban J connectivity index is 1.42. The molecule has 142 valence electrons. The van der Waals surface area contributed by atoms with Crippen molar-refractivity contribution in [2.45, 2.75) is 20.5 Å². The van der Waals surface area contributed by atoms with Crippen LogP contribution in [-0.2, 0) is 6.61 Å². The second-order valence-corrected chi connectivity index (χ2v) is 6.30. The first kappa shape index (κ1) is 17.6. The number of carbonyl (C=O) groups is 1. The van der Waals surface area contributed by atoms with Gasteiger partial charge in [-0.2, -0.15) is 0 Å². The van der Waals surface area contributed by atoms with Crippen molar-refractivity contribution >= 4 is 22.7 Å². The first-order chi connectivity index (χ1) is 13.5. The first-order valence-electron chi connectivity index (χ1n) is 8.58. The molecule has 0 radical (unpaired) electrons. The Morgan fingerprint density at radius 3 is 2.68 bits per heavy atom. The Labute approximate surface area is 159 Å². The molecule has 2 aromatic heterocycles. The Bertz CT molecular complexity index is 1180. The number of fused-ring (bicyclic) bond motifs is 1. The van der Waals surface area contributed by atoms with Crippen LogP contribution in [0.2, 0.25) is 0 Å². The van der Waals surface area contributed by atoms with E-state index in [0.29, 0.717) is 34.7 Å². The van der Waals surface area contributed by atoms with E-state index < -0.39 is 5.76 Å². The van der Waals surface area contributed by atoms with Crippen molar-refractivity contribution in [3.05, 3.63) is 75.6 Å². The Morgan fingerprint density at radius 2 is 1.96 bits per heavy atom. The van der Waals surface area contributed by atoms with E-state index in [0.717, 1.165) is 17.0 Å². The van der Waals surface area contributed by atoms with Crippen molar-refractivity contribution in [2.75, 3.05) is 5.32 Å². The summed E-state index contributed by atoms with van der Waals surface area (Å²) in [7, 11) is 0. The van der Waals surface area contributed by atoms with Gasteiger partial charge in [-0.25, -0.2) is 4.79 Å². The van der Waals surface area contributed by atoms with Crippen LogP contribution in [0.3, 0.4) is 0 Å². The predicted octanol–water partition coefficient (Wildman–Crippen LogP) is 3.56. The highest BCUT2D eigenvalue weighted by atomic mass is 16.5. The van der Waals surface area contributed by atoms with E-state index in [9.17, 15) is 9.59 Å². The molecule has 0 aliphatic carbocycles. The molecular weight excluding hydrogens is 362 g/mol. The molecule has 2 N–H and O–H groups in total. The van der Waals surface area contributed by atoms with Crippen LogP contribution >= 0.6 is 0 Å². The van der Waals surface area contributed by atoms with Gasteiger partial charge in [0, 0.05) is 11.3 Å². The number of amides is 1. The van der Waals surface area contributed by atoms with Gasteiger partial charge >= 0.3 is 5.76 Å². The van der Waals surface area contributed by atoms with E-state index in [1.165, 1.54) is 0 Å². The molecule has 0 aliphatic rings. The molecule has 4 aromatic rings. The molecule has 0 bridgehead atoms. The molecule has 0 saturated carbocycles. The van der Waals surface area contributed by atoms with Crippen LogP contribution in [-0.4, -0.2) is 16.0 Å². The van der Waals surface area contributed by atoms with Crippen molar-refractivity contribution in [3.63, 3.8) is 0 Å². The van der Waals surface area contributed by atoms with Crippen molar-refractivity contribution in [3.8, 4) is 5.75 Å². The molecule has 0 spiro atoms. The Hall–Kier alpha value is -3.81. The van der Waals surface area contributed by atoms with Gasteiger partial charge in [-0.3, -0.25) is 9.78 Å². The monoisotopic (exact) mass is 379 g/mol. The second-order valence-electron chi connectivity index (χ2n) is 6.30. The summed E-state index contributed by atoms with van der Waals surface area (Å²) in [5, 5.41) is 6.68. The summed E-state index contributed by atoms with van der Waals surface area (Å²) in [4.78, 5) is 26.2. The van der Waals surface area contributed by atoms with Gasteiger partial charge in [-0.05, 0) is 56.3 Å². The van der Waals surface area contributed by atoms with Gasteiger partial charge in [0.2, 0.25) is 0 Å². The van der Waals surface area contributed by atoms with Gasteiger partial charge < -0.3 is 19.0 Å². The maximum Gasteiger partial charge on any atom is 0.417 e. The van der Waals surface area contributed by atoms with Crippen LogP contribution in [0.5, 0.6) is 5.75 Å². The summed E-state index contributed by atoms with van der Waals surface area (Å²) < 4.78 is 15.8. The zero-order valence-corrected chi connectivity index (χ0v) is 15.2. The lowest BCUT2D eigenvalue weighted by atomic mass is 10.2. The Kier molecular flexibility index (Phi) is 4.44. The molecule has 0 atom stereocenters. The number of hydrogen-bond donors (Lipinski definition) is 2. The van der Waals surface area contributed by atoms with Crippen LogP contribution in [0.25, 0.3) is 11.1 Å². The van der Waals surface area contributed by atoms with Crippen LogP contribution in [0, 0.1) is 13.8 Å². The minimum Gasteiger partial charge on any atom is -0.489 e. The zero-order chi connectivity index (χ0) is 19.7. The summed E-state index contributed by atoms with van der Waals surface area (Å²) in [6.45, 7) is 4.04. The number of aromatic nitrogens is 2. The number of H-pyrrole nitrogens is 1. The SMILES string of the molecule is Cc1noc(C)c1COc1ccc(C(=O)Nc2ccc3oc(=O)[nH]c3c2)cc1. The summed E-state index contributed by atoms with van der Waals surface area (Å²) in [5.41, 5.74) is 3.69. The molecule has 0 fully saturated rings. The van der Waals surface area contributed by atoms with Crippen LogP contribution < -0.4 is 15.8 Å². The molecule has 4 rings (SSSR count). The lowest BCUT2D eigenvalue weighted by molar-refractivity contribution is 0.102. The van der Waals surface area contributed by atoms with Crippen LogP contribution in [0.1, 0.15) is 27.4 Å². The molecular formula is C20H17N3O5. The average Bonchev–Trinajstić information content (AvgIpc) is 3.21. The third-order valence-electron chi connectivity index (χ3n) is 4.36. The highest BCUT2D eigenvalue weighted by Gasteiger charge is 2.11. The maximum atomic E-state index is 12.4. The number of nitrogens with zero attached hydrogens (tertiary/aromatic N) is 1. The number of rotatable bonds is 5. The topological polar surface area (TPSA) is 110 Å². The number of aryl methyl sites for hydroxylation is 2. The molecule has 2 aromatic carbocycles. The molecule has 28 heavy (non-hydrogen) atoms. The predicted molar refractivity (Wildman–Crippen MR) is 102 cm³/mol. The molecule has 0 unspecified atom stereocenters. The lowest BCUT2D eigenvalue weighted by Crippen LogP contribution is -2.11. The van der Waals surface area contributed by atoms with Crippen molar-refractivity contribution in [1.82, 2.24) is 10.1 Å². The number of aromatic amines is 1. The second kappa shape index (κ2) is 7.07. The van der Waals surface area contributed by atoms with Gasteiger partial charge in [0.15, 0.2) is 5.58 Å². The number of anilines is 1. The fourth-order valence-electron chi connectivity index (χ4n) is 2.80. The van der Waals surface area contributed by atoms with Crippen molar-refractivity contribution in [1.29, 1.82) is 0 Å². The van der Waals surface area contributed by atoms with E-state index in [1.807, 2.05) is 13.8 Å². The van der Waals surface area contributed by atoms with Crippen molar-refractivity contribution < 1.29 is 18.5 Å². The van der Waals surface area contributed by atoms with Crippen LogP contribution in [0.4, 0.5) is 5.69 Å². The fourth-order valence-corrected chi connectivity index (χ4v) is 2.80. The number of nitrogens with one attached hydrogen (secondary N) is 2. The van der Waals surface area contributed by atoms with E-state index in [-0.39, 0.29) is 5.91 Å². The van der Waals surface area contributed by atoms with E-state index in [1.54, 1.807) is 42.5 Å². The smallest absolute Gasteiger partial charge is 0.417 e. The first-order valence-corrected chi connectivity index (χ1v) is 8.58. The number of hydrogen-bond acceptors (Lipinski definition) is 6. The van der Waals surface area contributed by atoms with E-state index in [4.69, 9.17) is 13.7 Å². The number of ether oxygens (including phenoxy) is 1. The molecule has 0 aliphatic heterocycles. The lowest BCUT2D eigenvalue weighted by Gasteiger charge is -2.08. The van der Waals surface area contributed by atoms with Gasteiger partial charge in [-0.15, -0.1) is 0 Å². The molecule has 8 heteroatoms. The molecule has 1 amide bonds. The summed E-state index contributed by atoms with van der Waals surface area (Å²) >= 11 is 0. The fraction of sp³-hybridized carbons (Fsp3) is 0.150. The number of carbonyl (C=O) groups excluding carboxylic acids is 1. The molecule has 2 heterocycles. The minimum atomic E-state index is -0.536. The third kappa shape index (κ3) is 3.52. The standard InChI is InChI=1S/C20H17N3O5/c1-11-16(12(2)28-23-11)10-26-15-6-3-13(4-7-15)19(24)21-14-5-8-18-17(9-14)22-20(25)27-18/h3-9H,10H2,1-2H3,(H,21,24)(H,22,25). The quantitative estimate of drug-likeness (QED) is 0.549. The van der Waals surface area contributed by atoms with Gasteiger partial charge in [-0.1, -0.05) is 5.16 Å². The largest absolute Gasteiger partial charge is 0.489 e. The number of oxazole rings is 1. The number of benzene rings is 2. The molecule has 0 saturated heterocycles. The normalized spacial score (nSPS) is 10.9.